The van der Waals surface area contributed by atoms with Gasteiger partial charge < -0.3 is 4.74 Å². The number of carbonyl (C=O) groups excluding carboxylic acids is 1. The number of ether oxygens (including phenoxy) is 1. The number of benzene rings is 1. The summed E-state index contributed by atoms with van der Waals surface area (Å²) >= 11 is 0. The van der Waals surface area contributed by atoms with Crippen molar-refractivity contribution in [3.05, 3.63) is 34.6 Å². The average Bonchev–Trinajstić information content (AvgIpc) is 2.16. The van der Waals surface area contributed by atoms with Gasteiger partial charge in [0.05, 0.1) is 10.9 Å². The number of rotatable bonds is 1. The monoisotopic (exact) mass is 204 g/mol. The topological polar surface area (TPSA) is 72.0 Å². The van der Waals surface area contributed by atoms with Crippen LogP contribution in [0, 0.1) is 0 Å². The third kappa shape index (κ3) is 1.85. The number of fused-ring (bicyclic) bond motifs is 1. The van der Waals surface area contributed by atoms with Gasteiger partial charge in [0.15, 0.2) is 0 Å². The highest BCUT2D eigenvalue weighted by Crippen LogP contribution is 2.08. The highest BCUT2D eigenvalue weighted by atomic mass is 16.5. The van der Waals surface area contributed by atoms with Crippen LogP contribution in [0.5, 0.6) is 6.01 Å². The molecule has 5 heteroatoms. The first kappa shape index (κ1) is 9.39. The van der Waals surface area contributed by atoms with E-state index in [0.717, 1.165) is 0 Å². The average molecular weight is 204 g/mol. The lowest BCUT2D eigenvalue weighted by Crippen LogP contribution is -2.13. The zero-order valence-electron chi connectivity index (χ0n) is 7.98. The number of carbonyl (C=O) groups is 1. The molecule has 0 bridgehead atoms. The van der Waals surface area contributed by atoms with Gasteiger partial charge in [-0.1, -0.05) is 12.1 Å². The molecule has 0 spiro atoms. The molecule has 0 saturated heterocycles. The first-order chi connectivity index (χ1) is 7.16. The van der Waals surface area contributed by atoms with Gasteiger partial charge in [-0.05, 0) is 12.1 Å². The predicted octanol–water partition coefficient (Wildman–Crippen LogP) is 0.848. The molecule has 0 amide bonds. The van der Waals surface area contributed by atoms with Crippen LogP contribution >= 0.6 is 0 Å². The van der Waals surface area contributed by atoms with E-state index in [-0.39, 0.29) is 11.6 Å². The number of aromatic nitrogens is 2. The number of hydrogen-bond acceptors (Lipinski definition) is 4. The molecule has 0 saturated carbocycles. The summed E-state index contributed by atoms with van der Waals surface area (Å²) in [5.74, 6) is -0.520. The Kier molecular flexibility index (Phi) is 2.21. The molecule has 2 rings (SSSR count). The van der Waals surface area contributed by atoms with Crippen molar-refractivity contribution in [2.24, 2.45) is 0 Å². The molecule has 0 radical (unpaired) electrons. The Hall–Kier alpha value is -2.17. The van der Waals surface area contributed by atoms with E-state index in [1.165, 1.54) is 6.92 Å². The molecular weight excluding hydrogens is 196 g/mol. The van der Waals surface area contributed by atoms with Crippen molar-refractivity contribution in [2.45, 2.75) is 6.92 Å². The van der Waals surface area contributed by atoms with Crippen LogP contribution in [0.1, 0.15) is 6.92 Å². The summed E-state index contributed by atoms with van der Waals surface area (Å²) in [5, 5.41) is 0.466. The Morgan fingerprint density at radius 1 is 1.40 bits per heavy atom. The van der Waals surface area contributed by atoms with Crippen molar-refractivity contribution < 1.29 is 9.53 Å². The first-order valence-electron chi connectivity index (χ1n) is 4.34. The molecule has 2 aromatic rings. The number of H-pyrrole nitrogens is 1. The van der Waals surface area contributed by atoms with Crippen molar-refractivity contribution in [1.82, 2.24) is 9.97 Å². The number of aromatic amines is 1. The number of nitrogens with one attached hydrogen (secondary N) is 1. The third-order valence-corrected chi connectivity index (χ3v) is 1.83. The minimum Gasteiger partial charge on any atom is -0.392 e. The maximum absolute atomic E-state index is 11.5. The summed E-state index contributed by atoms with van der Waals surface area (Å²) in [6.45, 7) is 1.25. The van der Waals surface area contributed by atoms with E-state index in [0.29, 0.717) is 10.9 Å². The molecule has 1 N–H and O–H groups in total. The second kappa shape index (κ2) is 3.53. The third-order valence-electron chi connectivity index (χ3n) is 1.83. The van der Waals surface area contributed by atoms with E-state index in [4.69, 9.17) is 4.74 Å². The Labute approximate surface area is 84.7 Å². The van der Waals surface area contributed by atoms with E-state index in [1.807, 2.05) is 0 Å². The number of para-hydroxylation sites is 1. The van der Waals surface area contributed by atoms with Crippen LogP contribution in [-0.4, -0.2) is 15.9 Å². The van der Waals surface area contributed by atoms with E-state index < -0.39 is 5.97 Å². The molecule has 1 aromatic carbocycles. The zero-order valence-corrected chi connectivity index (χ0v) is 7.98. The lowest BCUT2D eigenvalue weighted by atomic mass is 10.2. The molecule has 15 heavy (non-hydrogen) atoms. The fourth-order valence-corrected chi connectivity index (χ4v) is 1.25. The van der Waals surface area contributed by atoms with Gasteiger partial charge in [0.1, 0.15) is 0 Å². The van der Waals surface area contributed by atoms with Crippen LogP contribution in [0.15, 0.2) is 29.1 Å². The molecule has 1 heterocycles. The van der Waals surface area contributed by atoms with Gasteiger partial charge in [0, 0.05) is 6.92 Å². The fraction of sp³-hybridized carbons (Fsp3) is 0.100. The number of esters is 1. The highest BCUT2D eigenvalue weighted by molar-refractivity contribution is 5.78. The van der Waals surface area contributed by atoms with E-state index in [1.54, 1.807) is 24.3 Å². The summed E-state index contributed by atoms with van der Waals surface area (Å²) in [6, 6.07) is 6.75. The molecular formula is C10H8N2O3. The highest BCUT2D eigenvalue weighted by Gasteiger charge is 2.05. The minimum absolute atomic E-state index is 0.0776. The van der Waals surface area contributed by atoms with Crippen LogP contribution in [0.3, 0.4) is 0 Å². The van der Waals surface area contributed by atoms with Crippen molar-refractivity contribution in [1.29, 1.82) is 0 Å². The molecule has 0 atom stereocenters. The minimum atomic E-state index is -0.520. The Balaban J connectivity index is 2.62. The second-order valence-electron chi connectivity index (χ2n) is 2.98. The maximum atomic E-state index is 11.5. The van der Waals surface area contributed by atoms with Gasteiger partial charge in [-0.25, -0.2) is 0 Å². The maximum Gasteiger partial charge on any atom is 0.310 e. The standard InChI is InChI=1S/C10H8N2O3/c1-6(13)15-10-11-8-5-3-2-4-7(8)9(14)12-10/h2-5H,1H3,(H,11,12,14). The summed E-state index contributed by atoms with van der Waals surface area (Å²) in [7, 11) is 0. The van der Waals surface area contributed by atoms with Crippen molar-refractivity contribution in [3.63, 3.8) is 0 Å². The summed E-state index contributed by atoms with van der Waals surface area (Å²) in [5.41, 5.74) is 0.175. The van der Waals surface area contributed by atoms with Crippen molar-refractivity contribution in [3.8, 4) is 6.01 Å². The lowest BCUT2D eigenvalue weighted by molar-refractivity contribution is -0.132. The molecule has 5 nitrogen and oxygen atoms in total. The van der Waals surface area contributed by atoms with Crippen LogP contribution < -0.4 is 10.3 Å². The molecule has 1 aromatic heterocycles. The van der Waals surface area contributed by atoms with Crippen LogP contribution in [0.2, 0.25) is 0 Å². The van der Waals surface area contributed by atoms with Crippen LogP contribution in [-0.2, 0) is 4.79 Å². The summed E-state index contributed by atoms with van der Waals surface area (Å²) < 4.78 is 4.70. The van der Waals surface area contributed by atoms with Gasteiger partial charge >= 0.3 is 12.0 Å². The van der Waals surface area contributed by atoms with Gasteiger partial charge in [-0.2, -0.15) is 4.98 Å². The molecule has 0 aliphatic heterocycles. The number of hydrogen-bond donors (Lipinski definition) is 1. The Morgan fingerprint density at radius 2 is 2.13 bits per heavy atom. The summed E-state index contributed by atoms with van der Waals surface area (Å²) in [6.07, 6.45) is 0. The molecule has 0 unspecified atom stereocenters. The van der Waals surface area contributed by atoms with E-state index in [9.17, 15) is 9.59 Å². The second-order valence-corrected chi connectivity index (χ2v) is 2.98. The predicted molar refractivity (Wildman–Crippen MR) is 53.7 cm³/mol. The van der Waals surface area contributed by atoms with Crippen LogP contribution in [0.4, 0.5) is 0 Å². The Bertz CT molecular complexity index is 574. The van der Waals surface area contributed by atoms with Crippen molar-refractivity contribution >= 4 is 16.9 Å². The molecule has 0 fully saturated rings. The van der Waals surface area contributed by atoms with Gasteiger partial charge in [0.2, 0.25) is 0 Å². The molecule has 76 valence electrons. The SMILES string of the molecule is CC(=O)Oc1nc2ccccc2c(=O)[nH]1. The van der Waals surface area contributed by atoms with Crippen molar-refractivity contribution in [2.75, 3.05) is 0 Å². The Morgan fingerprint density at radius 3 is 2.87 bits per heavy atom. The molecule has 0 aliphatic rings. The molecule has 0 aliphatic carbocycles. The first-order valence-corrected chi connectivity index (χ1v) is 4.34. The van der Waals surface area contributed by atoms with E-state index >= 15 is 0 Å². The lowest BCUT2D eigenvalue weighted by Gasteiger charge is -2.00. The smallest absolute Gasteiger partial charge is 0.310 e. The van der Waals surface area contributed by atoms with Gasteiger partial charge in [-0.3, -0.25) is 14.6 Å². The van der Waals surface area contributed by atoms with Gasteiger partial charge in [-0.15, -0.1) is 0 Å². The largest absolute Gasteiger partial charge is 0.392 e. The van der Waals surface area contributed by atoms with Crippen LogP contribution in [0.25, 0.3) is 10.9 Å². The van der Waals surface area contributed by atoms with Gasteiger partial charge in [0.25, 0.3) is 5.56 Å². The normalized spacial score (nSPS) is 10.2. The zero-order chi connectivity index (χ0) is 10.8. The quantitative estimate of drug-likeness (QED) is 0.699. The fourth-order valence-electron chi connectivity index (χ4n) is 1.25. The van der Waals surface area contributed by atoms with E-state index in [2.05, 4.69) is 9.97 Å². The number of nitrogens with zero attached hydrogens (tertiary/aromatic N) is 1. The summed E-state index contributed by atoms with van der Waals surface area (Å²) in [4.78, 5) is 28.5.